The van der Waals surface area contributed by atoms with Gasteiger partial charge >= 0.3 is 11.9 Å². The van der Waals surface area contributed by atoms with Crippen molar-refractivity contribution in [3.63, 3.8) is 0 Å². The summed E-state index contributed by atoms with van der Waals surface area (Å²) in [5.74, 6) is -1.52. The van der Waals surface area contributed by atoms with Gasteiger partial charge in [-0.15, -0.1) is 0 Å². The van der Waals surface area contributed by atoms with Crippen LogP contribution in [0.4, 0.5) is 0 Å². The molecule has 25 heavy (non-hydrogen) atoms. The van der Waals surface area contributed by atoms with Crippen molar-refractivity contribution in [1.29, 1.82) is 0 Å². The average molecular weight is 355 g/mol. The number of fused-ring (bicyclic) bond motifs is 1. The molecule has 0 aromatic rings. The van der Waals surface area contributed by atoms with E-state index in [4.69, 9.17) is 14.2 Å². The van der Waals surface area contributed by atoms with Gasteiger partial charge in [-0.3, -0.25) is 9.69 Å². The fourth-order valence-corrected chi connectivity index (χ4v) is 3.81. The number of ether oxygens (including phenoxy) is 3. The minimum atomic E-state index is -1.51. The van der Waals surface area contributed by atoms with Crippen LogP contribution in [0.25, 0.3) is 0 Å². The van der Waals surface area contributed by atoms with Crippen LogP contribution in [0, 0.1) is 5.92 Å². The fraction of sp³-hybridized carbons (Fsp3) is 0.778. The van der Waals surface area contributed by atoms with Gasteiger partial charge in [-0.1, -0.05) is 19.9 Å². The number of carbonyl (C=O) groups excluding carboxylic acids is 2. The predicted octanol–water partition coefficient (Wildman–Crippen LogP) is 0.898. The van der Waals surface area contributed by atoms with Crippen LogP contribution in [0.1, 0.15) is 34.1 Å². The van der Waals surface area contributed by atoms with Gasteiger partial charge in [0.2, 0.25) is 5.60 Å². The van der Waals surface area contributed by atoms with E-state index >= 15 is 0 Å². The Morgan fingerprint density at radius 3 is 2.64 bits per heavy atom. The monoisotopic (exact) mass is 355 g/mol. The van der Waals surface area contributed by atoms with Crippen LogP contribution < -0.4 is 0 Å². The van der Waals surface area contributed by atoms with Crippen molar-refractivity contribution in [3.8, 4) is 0 Å². The van der Waals surface area contributed by atoms with Crippen LogP contribution in [0.3, 0.4) is 0 Å². The molecule has 2 aliphatic heterocycles. The van der Waals surface area contributed by atoms with Gasteiger partial charge in [0, 0.05) is 33.0 Å². The van der Waals surface area contributed by atoms with E-state index in [1.807, 2.05) is 6.08 Å². The number of rotatable bonds is 7. The number of esters is 2. The average Bonchev–Trinajstić information content (AvgIpc) is 3.12. The van der Waals surface area contributed by atoms with E-state index in [0.717, 1.165) is 25.1 Å². The minimum absolute atomic E-state index is 0.0726. The van der Waals surface area contributed by atoms with Gasteiger partial charge in [-0.05, 0) is 18.9 Å². The molecular formula is C18H29NO6. The Balaban J connectivity index is 2.13. The molecular weight excluding hydrogens is 326 g/mol. The SMILES string of the molecule is CO[C@H](C)[C@](OC(C)=O)(C(=O)OCC1=CCN2CC[C@H](O)[C@@H]12)C(C)C. The Morgan fingerprint density at radius 2 is 2.08 bits per heavy atom. The molecule has 0 spiro atoms. The summed E-state index contributed by atoms with van der Waals surface area (Å²) in [6, 6.07) is -0.0881. The molecule has 1 N–H and O–H groups in total. The maximum absolute atomic E-state index is 12.9. The van der Waals surface area contributed by atoms with Crippen LogP contribution in [-0.2, 0) is 23.8 Å². The quantitative estimate of drug-likeness (QED) is 0.536. The first-order valence-electron chi connectivity index (χ1n) is 8.74. The molecule has 2 heterocycles. The second kappa shape index (κ2) is 7.85. The lowest BCUT2D eigenvalue weighted by molar-refractivity contribution is -0.204. The number of nitrogens with zero attached hydrogens (tertiary/aromatic N) is 1. The van der Waals surface area contributed by atoms with E-state index in [9.17, 15) is 14.7 Å². The summed E-state index contributed by atoms with van der Waals surface area (Å²) in [5.41, 5.74) is -0.614. The third kappa shape index (κ3) is 3.73. The zero-order valence-electron chi connectivity index (χ0n) is 15.7. The maximum atomic E-state index is 12.9. The number of carbonyl (C=O) groups is 2. The zero-order chi connectivity index (χ0) is 18.8. The molecule has 2 rings (SSSR count). The van der Waals surface area contributed by atoms with Gasteiger partial charge in [-0.2, -0.15) is 0 Å². The van der Waals surface area contributed by atoms with Crippen molar-refractivity contribution in [1.82, 2.24) is 4.90 Å². The van der Waals surface area contributed by atoms with Crippen molar-refractivity contribution in [2.45, 2.75) is 58.0 Å². The first-order chi connectivity index (χ1) is 11.7. The molecule has 0 radical (unpaired) electrons. The van der Waals surface area contributed by atoms with Crippen molar-refractivity contribution in [2.75, 3.05) is 26.8 Å². The molecule has 0 amide bonds. The van der Waals surface area contributed by atoms with Crippen LogP contribution in [0.15, 0.2) is 11.6 Å². The molecule has 7 nitrogen and oxygen atoms in total. The molecule has 7 heteroatoms. The van der Waals surface area contributed by atoms with Gasteiger partial charge in [0.25, 0.3) is 0 Å². The summed E-state index contributed by atoms with van der Waals surface area (Å²) in [7, 11) is 1.46. The Labute approximate surface area is 148 Å². The van der Waals surface area contributed by atoms with Crippen molar-refractivity contribution in [2.24, 2.45) is 5.92 Å². The number of methoxy groups -OCH3 is 1. The van der Waals surface area contributed by atoms with Gasteiger partial charge < -0.3 is 19.3 Å². The van der Waals surface area contributed by atoms with Crippen LogP contribution in [-0.4, -0.2) is 72.6 Å². The second-order valence-electron chi connectivity index (χ2n) is 7.07. The molecule has 142 valence electrons. The smallest absolute Gasteiger partial charge is 0.353 e. The van der Waals surface area contributed by atoms with Crippen LogP contribution >= 0.6 is 0 Å². The molecule has 0 saturated carbocycles. The summed E-state index contributed by atoms with van der Waals surface area (Å²) < 4.78 is 16.3. The highest BCUT2D eigenvalue weighted by molar-refractivity contribution is 5.84. The van der Waals surface area contributed by atoms with E-state index < -0.39 is 29.7 Å². The Bertz CT molecular complexity index is 546. The highest BCUT2D eigenvalue weighted by Crippen LogP contribution is 2.32. The molecule has 1 fully saturated rings. The highest BCUT2D eigenvalue weighted by Gasteiger charge is 2.52. The lowest BCUT2D eigenvalue weighted by Gasteiger charge is -2.38. The second-order valence-corrected chi connectivity index (χ2v) is 7.07. The molecule has 0 aromatic carbocycles. The van der Waals surface area contributed by atoms with Crippen LogP contribution in [0.2, 0.25) is 0 Å². The number of aliphatic hydroxyl groups is 1. The Hall–Kier alpha value is -1.44. The van der Waals surface area contributed by atoms with Crippen LogP contribution in [0.5, 0.6) is 0 Å². The van der Waals surface area contributed by atoms with Gasteiger partial charge in [0.1, 0.15) is 12.7 Å². The van der Waals surface area contributed by atoms with E-state index in [-0.39, 0.29) is 18.6 Å². The Kier molecular flexibility index (Phi) is 6.24. The molecule has 4 atom stereocenters. The summed E-state index contributed by atoms with van der Waals surface area (Å²) in [5, 5.41) is 10.1. The number of aliphatic hydroxyl groups excluding tert-OH is 1. The third-order valence-electron chi connectivity index (χ3n) is 5.25. The Morgan fingerprint density at radius 1 is 1.40 bits per heavy atom. The van der Waals surface area contributed by atoms with Crippen molar-refractivity contribution < 1.29 is 28.9 Å². The fourth-order valence-electron chi connectivity index (χ4n) is 3.81. The van der Waals surface area contributed by atoms with Gasteiger partial charge in [-0.25, -0.2) is 4.79 Å². The maximum Gasteiger partial charge on any atom is 0.353 e. The predicted molar refractivity (Wildman–Crippen MR) is 90.8 cm³/mol. The standard InChI is InChI=1S/C18H29NO6/c1-11(2)18(12(3)23-5,25-13(4)20)17(22)24-10-14-6-8-19-9-7-15(21)16(14)19/h6,11-12,15-16,21H,7-10H2,1-5H3/t12-,15+,16-,18+/m1/s1. The lowest BCUT2D eigenvalue weighted by Crippen LogP contribution is -2.57. The lowest BCUT2D eigenvalue weighted by atomic mass is 9.85. The summed E-state index contributed by atoms with van der Waals surface area (Å²) in [6.45, 7) is 8.18. The zero-order valence-corrected chi connectivity index (χ0v) is 15.7. The normalized spacial score (nSPS) is 26.8. The summed E-state index contributed by atoms with van der Waals surface area (Å²) >= 11 is 0. The molecule has 0 unspecified atom stereocenters. The van der Waals surface area contributed by atoms with Gasteiger partial charge in [0.15, 0.2) is 0 Å². The highest BCUT2D eigenvalue weighted by atomic mass is 16.6. The first kappa shape index (κ1) is 19.9. The molecule has 0 bridgehead atoms. The largest absolute Gasteiger partial charge is 0.458 e. The summed E-state index contributed by atoms with van der Waals surface area (Å²) in [6.07, 6.45) is 1.62. The van der Waals surface area contributed by atoms with Crippen molar-refractivity contribution >= 4 is 11.9 Å². The van der Waals surface area contributed by atoms with Gasteiger partial charge in [0.05, 0.1) is 12.1 Å². The van der Waals surface area contributed by atoms with E-state index in [0.29, 0.717) is 0 Å². The van der Waals surface area contributed by atoms with E-state index in [1.54, 1.807) is 20.8 Å². The van der Waals surface area contributed by atoms with E-state index in [2.05, 4.69) is 4.90 Å². The van der Waals surface area contributed by atoms with E-state index in [1.165, 1.54) is 14.0 Å². The minimum Gasteiger partial charge on any atom is -0.458 e. The molecule has 0 aromatic heterocycles. The first-order valence-corrected chi connectivity index (χ1v) is 8.74. The number of hydrogen-bond donors (Lipinski definition) is 1. The third-order valence-corrected chi connectivity index (χ3v) is 5.25. The molecule has 2 aliphatic rings. The van der Waals surface area contributed by atoms with Crippen molar-refractivity contribution in [3.05, 3.63) is 11.6 Å². The topological polar surface area (TPSA) is 85.3 Å². The number of hydrogen-bond acceptors (Lipinski definition) is 7. The summed E-state index contributed by atoms with van der Waals surface area (Å²) in [4.78, 5) is 26.7. The molecule has 0 aliphatic carbocycles. The molecule has 1 saturated heterocycles.